The molecule has 0 aromatic heterocycles. The number of anilines is 1. The molecule has 1 fully saturated rings. The molecule has 2 aliphatic rings. The number of fused-ring (bicyclic) bond motifs is 1. The predicted octanol–water partition coefficient (Wildman–Crippen LogP) is 2.73. The van der Waals surface area contributed by atoms with Gasteiger partial charge in [-0.15, -0.1) is 0 Å². The zero-order valence-corrected chi connectivity index (χ0v) is 17.2. The summed E-state index contributed by atoms with van der Waals surface area (Å²) >= 11 is 0. The molecular formula is C24H29N3O3. The number of nitrogens with one attached hydrogen (secondary N) is 2. The molecule has 1 atom stereocenters. The summed E-state index contributed by atoms with van der Waals surface area (Å²) in [4.78, 5) is 26.9. The zero-order valence-electron chi connectivity index (χ0n) is 17.2. The van der Waals surface area contributed by atoms with Crippen molar-refractivity contribution in [1.82, 2.24) is 10.2 Å². The van der Waals surface area contributed by atoms with E-state index in [1.54, 1.807) is 0 Å². The molecule has 2 aromatic rings. The summed E-state index contributed by atoms with van der Waals surface area (Å²) in [5.74, 6) is -0.151. The average molecular weight is 408 g/mol. The third kappa shape index (κ3) is 5.46. The Labute approximate surface area is 177 Å². The van der Waals surface area contributed by atoms with Gasteiger partial charge in [0.2, 0.25) is 11.8 Å². The standard InChI is InChI=1S/C24H29N3O3/c28-23(10-9-21-15-20-3-1-2-4-22(20)26-24(21)29)25-16-18-5-7-19(8-6-18)17-27-11-13-30-14-12-27/h1-8,21H,9-17H2,(H,25,28)(H,26,29). The van der Waals surface area contributed by atoms with Gasteiger partial charge in [-0.3, -0.25) is 14.5 Å². The van der Waals surface area contributed by atoms with Gasteiger partial charge in [-0.05, 0) is 35.6 Å². The second kappa shape index (κ2) is 9.87. The smallest absolute Gasteiger partial charge is 0.227 e. The monoisotopic (exact) mass is 407 g/mol. The molecule has 6 nitrogen and oxygen atoms in total. The summed E-state index contributed by atoms with van der Waals surface area (Å²) < 4.78 is 5.39. The number of benzene rings is 2. The van der Waals surface area contributed by atoms with Crippen molar-refractivity contribution in [1.29, 1.82) is 0 Å². The van der Waals surface area contributed by atoms with Gasteiger partial charge in [0.1, 0.15) is 0 Å². The van der Waals surface area contributed by atoms with Gasteiger partial charge in [0.25, 0.3) is 0 Å². The van der Waals surface area contributed by atoms with Crippen molar-refractivity contribution in [3.05, 3.63) is 65.2 Å². The highest BCUT2D eigenvalue weighted by molar-refractivity contribution is 5.96. The first-order valence-electron chi connectivity index (χ1n) is 10.7. The van der Waals surface area contributed by atoms with Crippen LogP contribution in [0.5, 0.6) is 0 Å². The van der Waals surface area contributed by atoms with Crippen molar-refractivity contribution in [2.45, 2.75) is 32.4 Å². The van der Waals surface area contributed by atoms with Crippen molar-refractivity contribution in [2.24, 2.45) is 5.92 Å². The molecule has 0 radical (unpaired) electrons. The van der Waals surface area contributed by atoms with Gasteiger partial charge >= 0.3 is 0 Å². The van der Waals surface area contributed by atoms with Crippen LogP contribution in [0.15, 0.2) is 48.5 Å². The Bertz CT molecular complexity index is 876. The highest BCUT2D eigenvalue weighted by Gasteiger charge is 2.26. The van der Waals surface area contributed by atoms with E-state index in [-0.39, 0.29) is 17.7 Å². The lowest BCUT2D eigenvalue weighted by Gasteiger charge is -2.26. The lowest BCUT2D eigenvalue weighted by Crippen LogP contribution is -2.35. The molecule has 2 N–H and O–H groups in total. The second-order valence-electron chi connectivity index (χ2n) is 8.07. The summed E-state index contributed by atoms with van der Waals surface area (Å²) in [5.41, 5.74) is 4.38. The van der Waals surface area contributed by atoms with Crippen molar-refractivity contribution in [2.75, 3.05) is 31.6 Å². The molecule has 0 aliphatic carbocycles. The number of ether oxygens (including phenoxy) is 1. The number of hydrogen-bond acceptors (Lipinski definition) is 4. The van der Waals surface area contributed by atoms with E-state index in [1.165, 1.54) is 5.56 Å². The van der Waals surface area contributed by atoms with Gasteiger partial charge in [0.15, 0.2) is 0 Å². The fourth-order valence-corrected chi connectivity index (χ4v) is 4.02. The molecule has 2 aromatic carbocycles. The van der Waals surface area contributed by atoms with E-state index in [9.17, 15) is 9.59 Å². The highest BCUT2D eigenvalue weighted by atomic mass is 16.5. The number of rotatable bonds is 7. The van der Waals surface area contributed by atoms with Gasteiger partial charge in [-0.25, -0.2) is 0 Å². The van der Waals surface area contributed by atoms with Crippen molar-refractivity contribution in [3.8, 4) is 0 Å². The molecule has 0 saturated carbocycles. The molecule has 0 spiro atoms. The lowest BCUT2D eigenvalue weighted by atomic mass is 9.89. The molecule has 1 unspecified atom stereocenters. The first-order valence-corrected chi connectivity index (χ1v) is 10.7. The third-order valence-corrected chi connectivity index (χ3v) is 5.85. The van der Waals surface area contributed by atoms with Crippen LogP contribution in [0.4, 0.5) is 5.69 Å². The van der Waals surface area contributed by atoms with E-state index in [4.69, 9.17) is 4.74 Å². The Balaban J connectivity index is 1.20. The van der Waals surface area contributed by atoms with Gasteiger partial charge < -0.3 is 15.4 Å². The average Bonchev–Trinajstić information content (AvgIpc) is 2.78. The van der Waals surface area contributed by atoms with Crippen molar-refractivity contribution >= 4 is 17.5 Å². The van der Waals surface area contributed by atoms with Crippen LogP contribution >= 0.6 is 0 Å². The molecule has 0 bridgehead atoms. The Morgan fingerprint density at radius 2 is 1.80 bits per heavy atom. The Morgan fingerprint density at radius 1 is 1.07 bits per heavy atom. The minimum absolute atomic E-state index is 0.0114. The van der Waals surface area contributed by atoms with Crippen molar-refractivity contribution < 1.29 is 14.3 Å². The lowest BCUT2D eigenvalue weighted by molar-refractivity contribution is -0.122. The fraction of sp³-hybridized carbons (Fsp3) is 0.417. The maximum absolute atomic E-state index is 12.3. The van der Waals surface area contributed by atoms with Gasteiger partial charge in [0, 0.05) is 44.2 Å². The van der Waals surface area contributed by atoms with Crippen LogP contribution < -0.4 is 10.6 Å². The first-order chi connectivity index (χ1) is 14.7. The number of carbonyl (C=O) groups is 2. The Morgan fingerprint density at radius 3 is 2.60 bits per heavy atom. The SMILES string of the molecule is O=C(CCC1Cc2ccccc2NC1=O)NCc1ccc(CN2CCOCC2)cc1. The number of hydrogen-bond donors (Lipinski definition) is 2. The van der Waals surface area contributed by atoms with Crippen LogP contribution in [0.25, 0.3) is 0 Å². The predicted molar refractivity (Wildman–Crippen MR) is 116 cm³/mol. The molecule has 2 heterocycles. The summed E-state index contributed by atoms with van der Waals surface area (Å²) in [6.45, 7) is 5.00. The van der Waals surface area contributed by atoms with Crippen LogP contribution in [-0.4, -0.2) is 43.0 Å². The summed E-state index contributed by atoms with van der Waals surface area (Å²) in [7, 11) is 0. The maximum Gasteiger partial charge on any atom is 0.227 e. The molecular weight excluding hydrogens is 378 g/mol. The van der Waals surface area contributed by atoms with Crippen LogP contribution in [0.2, 0.25) is 0 Å². The van der Waals surface area contributed by atoms with E-state index < -0.39 is 0 Å². The zero-order chi connectivity index (χ0) is 20.8. The van der Waals surface area contributed by atoms with Crippen LogP contribution in [-0.2, 0) is 33.8 Å². The summed E-state index contributed by atoms with van der Waals surface area (Å²) in [6.07, 6.45) is 1.61. The maximum atomic E-state index is 12.3. The number of para-hydroxylation sites is 1. The number of nitrogens with zero attached hydrogens (tertiary/aromatic N) is 1. The number of amides is 2. The van der Waals surface area contributed by atoms with Crippen molar-refractivity contribution in [3.63, 3.8) is 0 Å². The summed E-state index contributed by atoms with van der Waals surface area (Å²) in [6, 6.07) is 16.2. The molecule has 30 heavy (non-hydrogen) atoms. The molecule has 158 valence electrons. The van der Waals surface area contributed by atoms with E-state index in [0.29, 0.717) is 25.8 Å². The molecule has 1 saturated heterocycles. The minimum atomic E-state index is -0.148. The van der Waals surface area contributed by atoms with Crippen LogP contribution in [0.3, 0.4) is 0 Å². The van der Waals surface area contributed by atoms with E-state index in [2.05, 4.69) is 39.8 Å². The second-order valence-corrected chi connectivity index (χ2v) is 8.07. The van der Waals surface area contributed by atoms with Gasteiger partial charge in [-0.1, -0.05) is 42.5 Å². The van der Waals surface area contributed by atoms with Gasteiger partial charge in [-0.2, -0.15) is 0 Å². The molecule has 4 rings (SSSR count). The van der Waals surface area contributed by atoms with Crippen LogP contribution in [0, 0.1) is 5.92 Å². The normalized spacial score (nSPS) is 19.1. The quantitative estimate of drug-likeness (QED) is 0.740. The van der Waals surface area contributed by atoms with Crippen LogP contribution in [0.1, 0.15) is 29.5 Å². The third-order valence-electron chi connectivity index (χ3n) is 5.85. The fourth-order valence-electron chi connectivity index (χ4n) is 4.02. The Hall–Kier alpha value is -2.70. The first kappa shape index (κ1) is 20.6. The number of carbonyl (C=O) groups excluding carboxylic acids is 2. The van der Waals surface area contributed by atoms with E-state index >= 15 is 0 Å². The molecule has 2 aliphatic heterocycles. The van der Waals surface area contributed by atoms with E-state index in [1.807, 2.05) is 24.3 Å². The van der Waals surface area contributed by atoms with E-state index in [0.717, 1.165) is 49.7 Å². The highest BCUT2D eigenvalue weighted by Crippen LogP contribution is 2.27. The topological polar surface area (TPSA) is 70.7 Å². The largest absolute Gasteiger partial charge is 0.379 e. The minimum Gasteiger partial charge on any atom is -0.379 e. The summed E-state index contributed by atoms with van der Waals surface area (Å²) in [5, 5.41) is 5.92. The molecule has 2 amide bonds. The molecule has 6 heteroatoms. The Kier molecular flexibility index (Phi) is 6.77. The number of morpholine rings is 1. The van der Waals surface area contributed by atoms with Gasteiger partial charge in [0.05, 0.1) is 13.2 Å².